The Balaban J connectivity index is 1.26. The van der Waals surface area contributed by atoms with Crippen molar-refractivity contribution in [1.82, 2.24) is 4.90 Å². The number of fused-ring (bicyclic) bond motifs is 2. The Kier molecular flexibility index (Phi) is 6.26. The van der Waals surface area contributed by atoms with Crippen LogP contribution in [-0.2, 0) is 24.2 Å². The van der Waals surface area contributed by atoms with Crippen LogP contribution < -0.4 is 16.4 Å². The maximum absolute atomic E-state index is 12.5. The van der Waals surface area contributed by atoms with E-state index in [4.69, 9.17) is 28.9 Å². The Hall–Kier alpha value is -2.99. The standard InChI is InChI=1S/C27H26Cl2N4O/c1-16(26-22-14-20(30)4-7-25(22)32-27(26)34)31-21-5-2-17(3-6-21)15-33-10-8-18-12-23(28)24(29)13-19(18)9-11-33/h2-7,12-14,31H,8-11,15,30H2,1H3,(H,32,34). The van der Waals surface area contributed by atoms with E-state index in [1.54, 1.807) is 6.07 Å². The fourth-order valence-electron chi connectivity index (χ4n) is 4.71. The van der Waals surface area contributed by atoms with Gasteiger partial charge in [0.2, 0.25) is 0 Å². The molecule has 2 aliphatic heterocycles. The average molecular weight is 493 g/mol. The van der Waals surface area contributed by atoms with Crippen molar-refractivity contribution in [1.29, 1.82) is 0 Å². The van der Waals surface area contributed by atoms with Crippen molar-refractivity contribution in [2.45, 2.75) is 26.3 Å². The number of rotatable bonds is 4. The number of nitrogens with two attached hydrogens (primary N) is 1. The van der Waals surface area contributed by atoms with Gasteiger partial charge in [-0.3, -0.25) is 9.69 Å². The van der Waals surface area contributed by atoms with E-state index < -0.39 is 0 Å². The van der Waals surface area contributed by atoms with Crippen LogP contribution in [0.2, 0.25) is 10.0 Å². The van der Waals surface area contributed by atoms with Crippen molar-refractivity contribution in [3.63, 3.8) is 0 Å². The van der Waals surface area contributed by atoms with Crippen LogP contribution in [0.3, 0.4) is 0 Å². The van der Waals surface area contributed by atoms with Crippen LogP contribution in [0.4, 0.5) is 17.1 Å². The summed E-state index contributed by atoms with van der Waals surface area (Å²) in [4.78, 5) is 15.0. The zero-order chi connectivity index (χ0) is 23.8. The number of nitrogens with one attached hydrogen (secondary N) is 2. The Morgan fingerprint density at radius 2 is 1.65 bits per heavy atom. The number of nitrogen functional groups attached to an aromatic ring is 1. The number of hydrogen-bond donors (Lipinski definition) is 3. The van der Waals surface area contributed by atoms with Crippen molar-refractivity contribution in [2.75, 3.05) is 29.5 Å². The largest absolute Gasteiger partial charge is 0.399 e. The molecule has 5 nitrogen and oxygen atoms in total. The Morgan fingerprint density at radius 3 is 2.29 bits per heavy atom. The normalized spacial score (nSPS) is 17.0. The lowest BCUT2D eigenvalue weighted by atomic mass is 10.0. The molecule has 3 aromatic carbocycles. The van der Waals surface area contributed by atoms with Crippen molar-refractivity contribution >= 4 is 51.7 Å². The summed E-state index contributed by atoms with van der Waals surface area (Å²) in [7, 11) is 0. The molecule has 0 bridgehead atoms. The summed E-state index contributed by atoms with van der Waals surface area (Å²) in [6.07, 6.45) is 1.93. The van der Waals surface area contributed by atoms with E-state index in [1.165, 1.54) is 16.7 Å². The van der Waals surface area contributed by atoms with E-state index in [0.717, 1.165) is 55.1 Å². The van der Waals surface area contributed by atoms with Crippen LogP contribution in [0.25, 0.3) is 5.57 Å². The maximum Gasteiger partial charge on any atom is 0.258 e. The molecule has 0 aliphatic carbocycles. The number of carbonyl (C=O) groups excluding carboxylic acids is 1. The summed E-state index contributed by atoms with van der Waals surface area (Å²) < 4.78 is 0. The molecule has 0 saturated heterocycles. The summed E-state index contributed by atoms with van der Waals surface area (Å²) >= 11 is 12.4. The van der Waals surface area contributed by atoms with Crippen molar-refractivity contribution in [3.05, 3.63) is 92.6 Å². The first-order valence-corrected chi connectivity index (χ1v) is 12.1. The summed E-state index contributed by atoms with van der Waals surface area (Å²) in [5.41, 5.74) is 14.4. The van der Waals surface area contributed by atoms with Gasteiger partial charge in [-0.2, -0.15) is 0 Å². The van der Waals surface area contributed by atoms with Gasteiger partial charge in [-0.25, -0.2) is 0 Å². The molecule has 0 spiro atoms. The fourth-order valence-corrected chi connectivity index (χ4v) is 5.08. The summed E-state index contributed by atoms with van der Waals surface area (Å²) in [6, 6.07) is 17.8. The second kappa shape index (κ2) is 9.34. The molecule has 0 atom stereocenters. The zero-order valence-electron chi connectivity index (χ0n) is 18.9. The van der Waals surface area contributed by atoms with Gasteiger partial charge in [-0.1, -0.05) is 35.3 Å². The van der Waals surface area contributed by atoms with Gasteiger partial charge < -0.3 is 16.4 Å². The predicted octanol–water partition coefficient (Wildman–Crippen LogP) is 5.97. The third-order valence-corrected chi connectivity index (χ3v) is 7.21. The van der Waals surface area contributed by atoms with E-state index in [1.807, 2.05) is 31.2 Å². The highest BCUT2D eigenvalue weighted by Crippen LogP contribution is 2.35. The monoisotopic (exact) mass is 492 g/mol. The molecule has 2 aliphatic rings. The molecule has 3 aromatic rings. The van der Waals surface area contributed by atoms with Gasteiger partial charge in [0.1, 0.15) is 0 Å². The second-order valence-electron chi connectivity index (χ2n) is 8.89. The fraction of sp³-hybridized carbons (Fsp3) is 0.222. The van der Waals surface area contributed by atoms with Gasteiger partial charge in [0.15, 0.2) is 0 Å². The lowest BCUT2D eigenvalue weighted by Crippen LogP contribution is -2.25. The van der Waals surface area contributed by atoms with E-state index in [0.29, 0.717) is 21.3 Å². The van der Waals surface area contributed by atoms with Crippen LogP contribution in [0, 0.1) is 0 Å². The number of halogens is 2. The predicted molar refractivity (Wildman–Crippen MR) is 141 cm³/mol. The molecule has 2 heterocycles. The van der Waals surface area contributed by atoms with E-state index in [2.05, 4.69) is 39.8 Å². The highest BCUT2D eigenvalue weighted by Gasteiger charge is 2.26. The third-order valence-electron chi connectivity index (χ3n) is 6.49. The smallest absolute Gasteiger partial charge is 0.258 e. The molecule has 0 radical (unpaired) electrons. The van der Waals surface area contributed by atoms with Gasteiger partial charge in [0.05, 0.1) is 15.6 Å². The number of carbonyl (C=O) groups is 1. The van der Waals surface area contributed by atoms with Crippen LogP contribution in [-0.4, -0.2) is 23.9 Å². The van der Waals surface area contributed by atoms with Crippen LogP contribution in [0.1, 0.15) is 29.2 Å². The van der Waals surface area contributed by atoms with Crippen molar-refractivity contribution < 1.29 is 4.79 Å². The molecule has 0 aromatic heterocycles. The highest BCUT2D eigenvalue weighted by atomic mass is 35.5. The van der Waals surface area contributed by atoms with E-state index in [9.17, 15) is 4.79 Å². The topological polar surface area (TPSA) is 70.4 Å². The number of hydrogen-bond acceptors (Lipinski definition) is 4. The molecular weight excluding hydrogens is 467 g/mol. The van der Waals surface area contributed by atoms with Gasteiger partial charge in [0, 0.05) is 48.0 Å². The van der Waals surface area contributed by atoms with Gasteiger partial charge in [-0.15, -0.1) is 0 Å². The minimum atomic E-state index is -0.119. The molecule has 0 unspecified atom stereocenters. The van der Waals surface area contributed by atoms with E-state index in [-0.39, 0.29) is 5.91 Å². The van der Waals surface area contributed by atoms with Crippen LogP contribution >= 0.6 is 23.2 Å². The molecule has 0 saturated carbocycles. The Bertz CT molecular complexity index is 1270. The van der Waals surface area contributed by atoms with Crippen molar-refractivity contribution in [2.24, 2.45) is 0 Å². The Morgan fingerprint density at radius 1 is 1.00 bits per heavy atom. The first kappa shape index (κ1) is 22.8. The number of nitrogens with zero attached hydrogens (tertiary/aromatic N) is 1. The van der Waals surface area contributed by atoms with Gasteiger partial charge in [-0.05, 0) is 78.9 Å². The molecule has 1 amide bonds. The number of allylic oxidation sites excluding steroid dienone is 1. The van der Waals surface area contributed by atoms with Crippen molar-refractivity contribution in [3.8, 4) is 0 Å². The molecule has 5 rings (SSSR count). The first-order chi connectivity index (χ1) is 16.4. The van der Waals surface area contributed by atoms with Gasteiger partial charge >= 0.3 is 0 Å². The first-order valence-electron chi connectivity index (χ1n) is 11.3. The molecular formula is C27H26Cl2N4O. The van der Waals surface area contributed by atoms with Gasteiger partial charge in [0.25, 0.3) is 5.91 Å². The third kappa shape index (κ3) is 4.64. The van der Waals surface area contributed by atoms with Crippen LogP contribution in [0.15, 0.2) is 60.3 Å². The molecule has 34 heavy (non-hydrogen) atoms. The van der Waals surface area contributed by atoms with E-state index >= 15 is 0 Å². The summed E-state index contributed by atoms with van der Waals surface area (Å²) in [5, 5.41) is 7.54. The van der Waals surface area contributed by atoms with Crippen LogP contribution in [0.5, 0.6) is 0 Å². The molecule has 4 N–H and O–H groups in total. The number of anilines is 3. The zero-order valence-corrected chi connectivity index (χ0v) is 20.4. The quantitative estimate of drug-likeness (QED) is 0.309. The SMILES string of the molecule is CC(Nc1ccc(CN2CCc3cc(Cl)c(Cl)cc3CC2)cc1)=C1C(=O)Nc2ccc(N)cc21. The molecule has 7 heteroatoms. The lowest BCUT2D eigenvalue weighted by molar-refractivity contribution is -0.110. The summed E-state index contributed by atoms with van der Waals surface area (Å²) in [5.74, 6) is -0.119. The average Bonchev–Trinajstić information content (AvgIpc) is 3.01. The lowest BCUT2D eigenvalue weighted by Gasteiger charge is -2.20. The summed E-state index contributed by atoms with van der Waals surface area (Å²) in [6.45, 7) is 4.75. The second-order valence-corrected chi connectivity index (χ2v) is 9.71. The molecule has 0 fully saturated rings. The molecule has 174 valence electrons. The number of benzene rings is 3. The highest BCUT2D eigenvalue weighted by molar-refractivity contribution is 6.42. The Labute approximate surface area is 209 Å². The minimum absolute atomic E-state index is 0.119. The number of amides is 1. The minimum Gasteiger partial charge on any atom is -0.399 e. The maximum atomic E-state index is 12.5.